The SMILES string of the molecule is CC(CC(F)(F)F)NC(=O)[C@@H](C)N. The molecule has 3 nitrogen and oxygen atoms in total. The lowest BCUT2D eigenvalue weighted by atomic mass is 10.2. The van der Waals surface area contributed by atoms with Gasteiger partial charge in [-0.15, -0.1) is 0 Å². The highest BCUT2D eigenvalue weighted by Crippen LogP contribution is 2.21. The summed E-state index contributed by atoms with van der Waals surface area (Å²) in [5.41, 5.74) is 5.15. The Kier molecular flexibility index (Phi) is 4.19. The van der Waals surface area contributed by atoms with Crippen LogP contribution >= 0.6 is 0 Å². The molecule has 0 aliphatic heterocycles. The minimum atomic E-state index is -4.26. The Morgan fingerprint density at radius 3 is 2.23 bits per heavy atom. The molecule has 0 rings (SSSR count). The van der Waals surface area contributed by atoms with Gasteiger partial charge in [0.1, 0.15) is 0 Å². The molecule has 0 heterocycles. The average Bonchev–Trinajstić information content (AvgIpc) is 1.81. The summed E-state index contributed by atoms with van der Waals surface area (Å²) >= 11 is 0. The van der Waals surface area contributed by atoms with E-state index in [0.717, 1.165) is 0 Å². The van der Waals surface area contributed by atoms with Gasteiger partial charge in [0.05, 0.1) is 12.5 Å². The van der Waals surface area contributed by atoms with Crippen LogP contribution < -0.4 is 11.1 Å². The normalized spacial score (nSPS) is 16.5. The van der Waals surface area contributed by atoms with Crippen molar-refractivity contribution < 1.29 is 18.0 Å². The highest BCUT2D eigenvalue weighted by molar-refractivity contribution is 5.81. The molecular weight excluding hydrogens is 185 g/mol. The minimum absolute atomic E-state index is 0.572. The molecule has 0 aromatic carbocycles. The Balaban J connectivity index is 3.88. The minimum Gasteiger partial charge on any atom is -0.352 e. The zero-order valence-corrected chi connectivity index (χ0v) is 7.48. The van der Waals surface area contributed by atoms with Gasteiger partial charge in [0.2, 0.25) is 5.91 Å². The van der Waals surface area contributed by atoms with Crippen molar-refractivity contribution in [2.75, 3.05) is 0 Å². The number of nitrogens with one attached hydrogen (secondary N) is 1. The van der Waals surface area contributed by atoms with Crippen LogP contribution in [0.3, 0.4) is 0 Å². The van der Waals surface area contributed by atoms with Crippen molar-refractivity contribution in [2.24, 2.45) is 5.73 Å². The van der Waals surface area contributed by atoms with Gasteiger partial charge in [-0.05, 0) is 13.8 Å². The van der Waals surface area contributed by atoms with Gasteiger partial charge in [0.25, 0.3) is 0 Å². The van der Waals surface area contributed by atoms with Gasteiger partial charge in [-0.3, -0.25) is 4.79 Å². The summed E-state index contributed by atoms with van der Waals surface area (Å²) in [6.07, 6.45) is -5.30. The Hall–Kier alpha value is -0.780. The molecule has 2 atom stereocenters. The zero-order chi connectivity index (χ0) is 10.6. The molecule has 78 valence electrons. The van der Waals surface area contributed by atoms with Gasteiger partial charge in [0, 0.05) is 6.04 Å². The maximum Gasteiger partial charge on any atom is 0.391 e. The maximum absolute atomic E-state index is 11.8. The fraction of sp³-hybridized carbons (Fsp3) is 0.857. The summed E-state index contributed by atoms with van der Waals surface area (Å²) in [5, 5.41) is 2.15. The molecule has 0 saturated carbocycles. The van der Waals surface area contributed by atoms with Crippen LogP contribution in [0.25, 0.3) is 0 Å². The first-order chi connectivity index (χ1) is 5.72. The van der Waals surface area contributed by atoms with Crippen molar-refractivity contribution in [1.82, 2.24) is 5.32 Å². The van der Waals surface area contributed by atoms with Crippen LogP contribution in [-0.4, -0.2) is 24.2 Å². The van der Waals surface area contributed by atoms with Crippen molar-refractivity contribution in [2.45, 2.75) is 38.5 Å². The maximum atomic E-state index is 11.8. The van der Waals surface area contributed by atoms with E-state index >= 15 is 0 Å². The second kappa shape index (κ2) is 4.45. The smallest absolute Gasteiger partial charge is 0.352 e. The van der Waals surface area contributed by atoms with E-state index in [9.17, 15) is 18.0 Å². The number of nitrogens with two attached hydrogens (primary N) is 1. The third kappa shape index (κ3) is 6.39. The van der Waals surface area contributed by atoms with Gasteiger partial charge in [-0.2, -0.15) is 13.2 Å². The van der Waals surface area contributed by atoms with Crippen molar-refractivity contribution in [3.63, 3.8) is 0 Å². The highest BCUT2D eigenvalue weighted by Gasteiger charge is 2.30. The number of alkyl halides is 3. The molecular formula is C7H13F3N2O. The Morgan fingerprint density at radius 1 is 1.46 bits per heavy atom. The lowest BCUT2D eigenvalue weighted by Gasteiger charge is -2.16. The third-order valence-electron chi connectivity index (χ3n) is 1.34. The topological polar surface area (TPSA) is 55.1 Å². The van der Waals surface area contributed by atoms with E-state index in [4.69, 9.17) is 5.73 Å². The standard InChI is InChI=1S/C7H13F3N2O/c1-4(3-7(8,9)10)12-6(13)5(2)11/h4-5H,3,11H2,1-2H3,(H,12,13)/t4?,5-/m1/s1. The second-order valence-corrected chi connectivity index (χ2v) is 3.02. The van der Waals surface area contributed by atoms with Crippen LogP contribution in [0.15, 0.2) is 0 Å². The molecule has 1 amide bonds. The van der Waals surface area contributed by atoms with E-state index in [0.29, 0.717) is 0 Å². The van der Waals surface area contributed by atoms with Crippen LogP contribution in [0.2, 0.25) is 0 Å². The van der Waals surface area contributed by atoms with Crippen molar-refractivity contribution >= 4 is 5.91 Å². The lowest BCUT2D eigenvalue weighted by molar-refractivity contribution is -0.141. The molecule has 0 fully saturated rings. The summed E-state index contributed by atoms with van der Waals surface area (Å²) in [5.74, 6) is -0.572. The Labute approximate surface area is 74.5 Å². The summed E-state index contributed by atoms with van der Waals surface area (Å²) in [4.78, 5) is 10.8. The van der Waals surface area contributed by atoms with E-state index in [1.54, 1.807) is 0 Å². The highest BCUT2D eigenvalue weighted by atomic mass is 19.4. The average molecular weight is 198 g/mol. The van der Waals surface area contributed by atoms with E-state index in [1.165, 1.54) is 13.8 Å². The first kappa shape index (κ1) is 12.2. The molecule has 0 radical (unpaired) electrons. The molecule has 0 aliphatic rings. The first-order valence-electron chi connectivity index (χ1n) is 3.85. The fourth-order valence-electron chi connectivity index (χ4n) is 0.773. The van der Waals surface area contributed by atoms with Gasteiger partial charge in [-0.1, -0.05) is 0 Å². The number of carbonyl (C=O) groups excluding carboxylic acids is 1. The molecule has 0 saturated heterocycles. The third-order valence-corrected chi connectivity index (χ3v) is 1.34. The van der Waals surface area contributed by atoms with Crippen molar-refractivity contribution in [3.05, 3.63) is 0 Å². The van der Waals surface area contributed by atoms with E-state index < -0.39 is 30.6 Å². The molecule has 0 spiro atoms. The molecule has 6 heteroatoms. The number of hydrogen-bond acceptors (Lipinski definition) is 2. The quantitative estimate of drug-likeness (QED) is 0.704. The summed E-state index contributed by atoms with van der Waals surface area (Å²) in [6, 6.07) is -1.71. The Bertz CT molecular complexity index is 179. The van der Waals surface area contributed by atoms with Gasteiger partial charge in [0.15, 0.2) is 0 Å². The molecule has 0 aliphatic carbocycles. The predicted octanol–water partition coefficient (Wildman–Crippen LogP) is 0.791. The molecule has 0 aromatic rings. The van der Waals surface area contributed by atoms with E-state index in [2.05, 4.69) is 5.32 Å². The summed E-state index contributed by atoms with van der Waals surface area (Å²) in [7, 11) is 0. The zero-order valence-electron chi connectivity index (χ0n) is 7.48. The fourth-order valence-corrected chi connectivity index (χ4v) is 0.773. The number of carbonyl (C=O) groups is 1. The molecule has 13 heavy (non-hydrogen) atoms. The first-order valence-corrected chi connectivity index (χ1v) is 3.85. The molecule has 0 bridgehead atoms. The molecule has 1 unspecified atom stereocenters. The number of halogens is 3. The molecule has 0 aromatic heterocycles. The van der Waals surface area contributed by atoms with Gasteiger partial charge in [-0.25, -0.2) is 0 Å². The number of rotatable bonds is 3. The van der Waals surface area contributed by atoms with Crippen LogP contribution in [0, 0.1) is 0 Å². The number of amides is 1. The summed E-state index contributed by atoms with van der Waals surface area (Å²) in [6.45, 7) is 2.70. The van der Waals surface area contributed by atoms with E-state index in [1.807, 2.05) is 0 Å². The monoisotopic (exact) mass is 198 g/mol. The largest absolute Gasteiger partial charge is 0.391 e. The predicted molar refractivity (Wildman–Crippen MR) is 41.9 cm³/mol. The van der Waals surface area contributed by atoms with Crippen molar-refractivity contribution in [1.29, 1.82) is 0 Å². The van der Waals surface area contributed by atoms with Gasteiger partial charge < -0.3 is 11.1 Å². The van der Waals surface area contributed by atoms with Crippen LogP contribution in [0.1, 0.15) is 20.3 Å². The van der Waals surface area contributed by atoms with Crippen LogP contribution in [-0.2, 0) is 4.79 Å². The van der Waals surface area contributed by atoms with Crippen LogP contribution in [0.5, 0.6) is 0 Å². The molecule has 3 N–H and O–H groups in total. The Morgan fingerprint density at radius 2 is 1.92 bits per heavy atom. The van der Waals surface area contributed by atoms with Gasteiger partial charge >= 0.3 is 6.18 Å². The van der Waals surface area contributed by atoms with Crippen molar-refractivity contribution in [3.8, 4) is 0 Å². The van der Waals surface area contributed by atoms with Crippen LogP contribution in [0.4, 0.5) is 13.2 Å². The summed E-state index contributed by atoms with van der Waals surface area (Å²) < 4.78 is 35.3. The van der Waals surface area contributed by atoms with E-state index in [-0.39, 0.29) is 0 Å². The number of hydrogen-bond donors (Lipinski definition) is 2. The lowest BCUT2D eigenvalue weighted by Crippen LogP contribution is -2.44. The second-order valence-electron chi connectivity index (χ2n) is 3.02.